The first-order chi connectivity index (χ1) is 15.9. The van der Waals surface area contributed by atoms with Gasteiger partial charge in [-0.1, -0.05) is 25.1 Å². The summed E-state index contributed by atoms with van der Waals surface area (Å²) < 4.78 is 7.60. The number of carbonyl (C=O) groups excluding carboxylic acids is 1. The number of para-hydroxylation sites is 2. The number of piperidine rings is 1. The Morgan fingerprint density at radius 1 is 1.30 bits per heavy atom. The van der Waals surface area contributed by atoms with Crippen molar-refractivity contribution in [2.45, 2.75) is 50.7 Å². The van der Waals surface area contributed by atoms with Crippen molar-refractivity contribution in [1.29, 1.82) is 0 Å². The van der Waals surface area contributed by atoms with Gasteiger partial charge in [-0.2, -0.15) is 0 Å². The van der Waals surface area contributed by atoms with E-state index in [1.165, 1.54) is 11.1 Å². The summed E-state index contributed by atoms with van der Waals surface area (Å²) in [6, 6.07) is 14.6. The fraction of sp³-hybridized carbons (Fsp3) is 0.462. The smallest absolute Gasteiger partial charge is 0.324 e. The number of fused-ring (bicyclic) bond motifs is 5. The maximum atomic E-state index is 13.6. The van der Waals surface area contributed by atoms with Gasteiger partial charge in [0.15, 0.2) is 0 Å². The van der Waals surface area contributed by atoms with Gasteiger partial charge in [0, 0.05) is 25.0 Å². The molecule has 1 N–H and O–H groups in total. The zero-order valence-electron chi connectivity index (χ0n) is 20.1. The molecule has 1 aliphatic heterocycles. The van der Waals surface area contributed by atoms with Crippen molar-refractivity contribution >= 4 is 23.0 Å². The highest BCUT2D eigenvalue weighted by molar-refractivity contribution is 5.90. The predicted octanol–water partition coefficient (Wildman–Crippen LogP) is 4.12. The summed E-state index contributed by atoms with van der Waals surface area (Å²) in [6.07, 6.45) is 1.90. The molecule has 7 nitrogen and oxygen atoms in total. The molecule has 1 aromatic heterocycles. The third kappa shape index (κ3) is 3.37. The minimum atomic E-state index is -0.156. The maximum absolute atomic E-state index is 13.6. The zero-order chi connectivity index (χ0) is 23.3. The monoisotopic (exact) mass is 447 g/mol. The number of aromatic nitrogens is 2. The third-order valence-electron chi connectivity index (χ3n) is 7.86. The lowest BCUT2D eigenvalue weighted by molar-refractivity contribution is 0.0213. The second-order valence-electron chi connectivity index (χ2n) is 9.60. The van der Waals surface area contributed by atoms with Crippen molar-refractivity contribution in [3.63, 3.8) is 0 Å². The van der Waals surface area contributed by atoms with Crippen molar-refractivity contribution in [3.05, 3.63) is 53.6 Å². The second-order valence-corrected chi connectivity index (χ2v) is 9.60. The molecule has 0 spiro atoms. The number of ether oxygens (including phenoxy) is 1. The molecule has 2 aromatic carbocycles. The van der Waals surface area contributed by atoms with Gasteiger partial charge in [0.05, 0.1) is 24.2 Å². The number of anilines is 1. The summed E-state index contributed by atoms with van der Waals surface area (Å²) in [6.45, 7) is 6.12. The average molecular weight is 448 g/mol. The summed E-state index contributed by atoms with van der Waals surface area (Å²) in [5.74, 6) is 1.46. The number of urea groups is 1. The van der Waals surface area contributed by atoms with Gasteiger partial charge < -0.3 is 19.1 Å². The number of imidazole rings is 1. The Balaban J connectivity index is 1.49. The van der Waals surface area contributed by atoms with E-state index in [9.17, 15) is 4.79 Å². The molecule has 3 atom stereocenters. The normalized spacial score (nSPS) is 24.4. The van der Waals surface area contributed by atoms with Crippen LogP contribution in [0.5, 0.6) is 5.75 Å². The number of hydrogen-bond donors (Lipinski definition) is 1. The molecule has 33 heavy (non-hydrogen) atoms. The number of likely N-dealkylation sites (N-methyl/N-ethyl adjacent to an activating group) is 2. The Morgan fingerprint density at radius 3 is 2.85 bits per heavy atom. The van der Waals surface area contributed by atoms with E-state index in [1.807, 2.05) is 42.3 Å². The molecule has 5 rings (SSSR count). The van der Waals surface area contributed by atoms with Gasteiger partial charge in [0.25, 0.3) is 0 Å². The van der Waals surface area contributed by atoms with Crippen LogP contribution in [0.25, 0.3) is 11.0 Å². The molecule has 2 bridgehead atoms. The van der Waals surface area contributed by atoms with Crippen LogP contribution in [0.15, 0.2) is 42.5 Å². The van der Waals surface area contributed by atoms with Crippen molar-refractivity contribution in [1.82, 2.24) is 19.4 Å². The second kappa shape index (κ2) is 8.06. The highest BCUT2D eigenvalue weighted by Crippen LogP contribution is 2.47. The van der Waals surface area contributed by atoms with Crippen LogP contribution in [-0.4, -0.2) is 65.2 Å². The first-order valence-electron chi connectivity index (χ1n) is 11.7. The van der Waals surface area contributed by atoms with Gasteiger partial charge >= 0.3 is 6.03 Å². The number of aryl methyl sites for hydroxylation is 1. The van der Waals surface area contributed by atoms with Gasteiger partial charge in [-0.05, 0) is 68.8 Å². The standard InChI is InChI=1S/C26H33N5O2/c1-6-31-21-10-8-7-9-20(21)27-24(31)28-25(32)30(4)23-22-15-17-11-12-18(33-5)16-19(17)26(23,2)13-14-29(22)3/h7-12,16,22-23H,6,13-15H2,1-5H3,(H,27,28,32). The van der Waals surface area contributed by atoms with E-state index in [1.54, 1.807) is 7.11 Å². The number of likely N-dealkylation sites (tertiary alicyclic amines) is 1. The SMILES string of the molecule is CCn1c(NC(=O)N(C)C2C3Cc4ccc(OC)cc4C2(C)CCN3C)nc2ccccc21. The summed E-state index contributed by atoms with van der Waals surface area (Å²) in [7, 11) is 5.81. The van der Waals surface area contributed by atoms with E-state index < -0.39 is 0 Å². The summed E-state index contributed by atoms with van der Waals surface area (Å²) >= 11 is 0. The molecule has 174 valence electrons. The van der Waals surface area contributed by atoms with Crippen LogP contribution in [0.4, 0.5) is 10.7 Å². The maximum Gasteiger partial charge on any atom is 0.324 e. The fourth-order valence-corrected chi connectivity index (χ4v) is 6.05. The van der Waals surface area contributed by atoms with E-state index in [-0.39, 0.29) is 23.5 Å². The van der Waals surface area contributed by atoms with Gasteiger partial charge in [-0.3, -0.25) is 5.32 Å². The molecule has 3 aromatic rings. The van der Waals surface area contributed by atoms with Crippen LogP contribution < -0.4 is 10.1 Å². The van der Waals surface area contributed by atoms with Crippen LogP contribution in [0.2, 0.25) is 0 Å². The van der Waals surface area contributed by atoms with Crippen LogP contribution in [-0.2, 0) is 18.4 Å². The van der Waals surface area contributed by atoms with E-state index in [0.717, 1.165) is 42.7 Å². The molecule has 2 heterocycles. The van der Waals surface area contributed by atoms with Crippen LogP contribution in [0.1, 0.15) is 31.4 Å². The summed E-state index contributed by atoms with van der Waals surface area (Å²) in [5, 5.41) is 3.11. The van der Waals surface area contributed by atoms with Crippen LogP contribution >= 0.6 is 0 Å². The van der Waals surface area contributed by atoms with Crippen molar-refractivity contribution in [2.75, 3.05) is 33.1 Å². The number of amides is 2. The van der Waals surface area contributed by atoms with Gasteiger partial charge in [-0.25, -0.2) is 9.78 Å². The molecule has 0 radical (unpaired) electrons. The number of nitrogens with one attached hydrogen (secondary N) is 1. The summed E-state index contributed by atoms with van der Waals surface area (Å²) in [4.78, 5) is 22.6. The van der Waals surface area contributed by atoms with Gasteiger partial charge in [0.2, 0.25) is 5.95 Å². The molecule has 2 amide bonds. The zero-order valence-corrected chi connectivity index (χ0v) is 20.1. The van der Waals surface area contributed by atoms with Gasteiger partial charge in [0.1, 0.15) is 5.75 Å². The molecule has 1 aliphatic carbocycles. The van der Waals surface area contributed by atoms with Crippen molar-refractivity contribution in [2.24, 2.45) is 0 Å². The molecule has 3 unspecified atom stereocenters. The molecular formula is C26H33N5O2. The Hall–Kier alpha value is -3.06. The highest BCUT2D eigenvalue weighted by atomic mass is 16.5. The number of nitrogens with zero attached hydrogens (tertiary/aromatic N) is 4. The average Bonchev–Trinajstić information content (AvgIpc) is 3.18. The predicted molar refractivity (Wildman–Crippen MR) is 131 cm³/mol. The number of methoxy groups -OCH3 is 1. The Bertz CT molecular complexity index is 1200. The van der Waals surface area contributed by atoms with E-state index in [4.69, 9.17) is 9.72 Å². The first-order valence-corrected chi connectivity index (χ1v) is 11.7. The summed E-state index contributed by atoms with van der Waals surface area (Å²) in [5.41, 5.74) is 4.42. The van der Waals surface area contributed by atoms with E-state index in [2.05, 4.69) is 47.8 Å². The molecule has 1 fully saturated rings. The number of rotatable bonds is 4. The lowest BCUT2D eigenvalue weighted by Gasteiger charge is -2.57. The molecule has 0 saturated carbocycles. The van der Waals surface area contributed by atoms with E-state index >= 15 is 0 Å². The topological polar surface area (TPSA) is 62.6 Å². The third-order valence-corrected chi connectivity index (χ3v) is 7.86. The van der Waals surface area contributed by atoms with Crippen LogP contribution in [0.3, 0.4) is 0 Å². The molecule has 2 aliphatic rings. The highest BCUT2D eigenvalue weighted by Gasteiger charge is 2.52. The minimum absolute atomic E-state index is 0.0373. The number of carbonyl (C=O) groups is 1. The largest absolute Gasteiger partial charge is 0.497 e. The fourth-order valence-electron chi connectivity index (χ4n) is 6.05. The van der Waals surface area contributed by atoms with Gasteiger partial charge in [-0.15, -0.1) is 0 Å². The lowest BCUT2D eigenvalue weighted by Crippen LogP contribution is -2.67. The quantitative estimate of drug-likeness (QED) is 0.654. The van der Waals surface area contributed by atoms with Crippen LogP contribution in [0, 0.1) is 0 Å². The number of benzene rings is 2. The Kier molecular flexibility index (Phi) is 5.32. The Labute approximate surface area is 195 Å². The molecule has 1 saturated heterocycles. The van der Waals surface area contributed by atoms with Crippen molar-refractivity contribution in [3.8, 4) is 5.75 Å². The Morgan fingerprint density at radius 2 is 2.09 bits per heavy atom. The molecular weight excluding hydrogens is 414 g/mol. The van der Waals surface area contributed by atoms with Crippen molar-refractivity contribution < 1.29 is 9.53 Å². The molecule has 7 heteroatoms. The lowest BCUT2D eigenvalue weighted by atomic mass is 9.61. The number of hydrogen-bond acceptors (Lipinski definition) is 4. The van der Waals surface area contributed by atoms with E-state index in [0.29, 0.717) is 5.95 Å². The first kappa shape index (κ1) is 21.8. The minimum Gasteiger partial charge on any atom is -0.497 e.